The van der Waals surface area contributed by atoms with E-state index in [0.717, 1.165) is 30.1 Å². The maximum Gasteiger partial charge on any atom is 0.266 e. The van der Waals surface area contributed by atoms with E-state index in [-0.39, 0.29) is 11.9 Å². The Hall–Kier alpha value is -3.64. The van der Waals surface area contributed by atoms with E-state index in [4.69, 9.17) is 9.57 Å². The van der Waals surface area contributed by atoms with Gasteiger partial charge in [-0.15, -0.1) is 0 Å². The van der Waals surface area contributed by atoms with Crippen LogP contribution in [-0.4, -0.2) is 60.8 Å². The second-order valence-electron chi connectivity index (χ2n) is 8.62. The second kappa shape index (κ2) is 10.1. The predicted octanol–water partition coefficient (Wildman–Crippen LogP) is 4.12. The zero-order valence-corrected chi connectivity index (χ0v) is 19.3. The second-order valence-corrected chi connectivity index (χ2v) is 8.62. The van der Waals surface area contributed by atoms with Crippen molar-refractivity contribution in [3.63, 3.8) is 0 Å². The lowest BCUT2D eigenvalue weighted by molar-refractivity contribution is -0.144. The standard InChI is InChI=1S/C28H29N3O3/c1-33-25-15-9-8-14-23(25)24-20-26(34-29-24)28(32)31-18-16-30(17-19-31)27(21-10-4-2-5-11-21)22-12-6-3-7-13-22/h2-15,26-27H,16-20H2,1H3. The number of amides is 1. The first-order chi connectivity index (χ1) is 16.7. The summed E-state index contributed by atoms with van der Waals surface area (Å²) in [5.74, 6) is 0.740. The average Bonchev–Trinajstić information content (AvgIpc) is 3.40. The molecule has 0 radical (unpaired) electrons. The molecule has 34 heavy (non-hydrogen) atoms. The van der Waals surface area contributed by atoms with E-state index in [1.54, 1.807) is 7.11 Å². The van der Waals surface area contributed by atoms with Crippen LogP contribution in [0.2, 0.25) is 0 Å². The molecule has 0 saturated carbocycles. The van der Waals surface area contributed by atoms with E-state index in [9.17, 15) is 4.79 Å². The molecule has 1 amide bonds. The van der Waals surface area contributed by atoms with Crippen molar-refractivity contribution in [1.82, 2.24) is 9.80 Å². The quantitative estimate of drug-likeness (QED) is 0.561. The number of carbonyl (C=O) groups excluding carboxylic acids is 1. The van der Waals surface area contributed by atoms with Crippen molar-refractivity contribution in [2.24, 2.45) is 5.16 Å². The molecule has 174 valence electrons. The predicted molar refractivity (Wildman–Crippen MR) is 132 cm³/mol. The molecular weight excluding hydrogens is 426 g/mol. The molecule has 0 aromatic heterocycles. The Kier molecular flexibility index (Phi) is 6.58. The molecular formula is C28H29N3O3. The van der Waals surface area contributed by atoms with Gasteiger partial charge in [0.25, 0.3) is 5.91 Å². The molecule has 1 atom stereocenters. The van der Waals surface area contributed by atoms with Crippen molar-refractivity contribution in [3.05, 3.63) is 102 Å². The van der Waals surface area contributed by atoms with Crippen molar-refractivity contribution in [2.75, 3.05) is 33.3 Å². The lowest BCUT2D eigenvalue weighted by Crippen LogP contribution is -2.52. The van der Waals surface area contributed by atoms with Gasteiger partial charge in [0, 0.05) is 38.2 Å². The maximum absolute atomic E-state index is 13.2. The summed E-state index contributed by atoms with van der Waals surface area (Å²) in [5, 5.41) is 4.21. The van der Waals surface area contributed by atoms with Crippen LogP contribution in [0.15, 0.2) is 90.1 Å². The average molecular weight is 456 g/mol. The van der Waals surface area contributed by atoms with Crippen molar-refractivity contribution < 1.29 is 14.4 Å². The summed E-state index contributed by atoms with van der Waals surface area (Å²) in [7, 11) is 1.63. The Labute approximate surface area is 200 Å². The molecule has 3 aromatic carbocycles. The van der Waals surface area contributed by atoms with Crippen LogP contribution < -0.4 is 4.74 Å². The van der Waals surface area contributed by atoms with Crippen LogP contribution in [0.4, 0.5) is 0 Å². The van der Waals surface area contributed by atoms with Crippen LogP contribution in [0, 0.1) is 0 Å². The van der Waals surface area contributed by atoms with Crippen LogP contribution in [0.5, 0.6) is 5.75 Å². The number of methoxy groups -OCH3 is 1. The van der Waals surface area contributed by atoms with Crippen LogP contribution in [-0.2, 0) is 9.63 Å². The van der Waals surface area contributed by atoms with E-state index >= 15 is 0 Å². The van der Waals surface area contributed by atoms with Crippen molar-refractivity contribution in [1.29, 1.82) is 0 Å². The third kappa shape index (κ3) is 4.54. The topological polar surface area (TPSA) is 54.4 Å². The van der Waals surface area contributed by atoms with Gasteiger partial charge in [-0.05, 0) is 23.3 Å². The Morgan fingerprint density at radius 3 is 2.09 bits per heavy atom. The summed E-state index contributed by atoms with van der Waals surface area (Å²) < 4.78 is 5.44. The van der Waals surface area contributed by atoms with Gasteiger partial charge >= 0.3 is 0 Å². The van der Waals surface area contributed by atoms with Gasteiger partial charge in [0.1, 0.15) is 5.75 Å². The molecule has 1 unspecified atom stereocenters. The van der Waals surface area contributed by atoms with Crippen molar-refractivity contribution in [3.8, 4) is 5.75 Å². The molecule has 2 aliphatic heterocycles. The van der Waals surface area contributed by atoms with Crippen molar-refractivity contribution in [2.45, 2.75) is 18.6 Å². The molecule has 2 heterocycles. The van der Waals surface area contributed by atoms with E-state index in [0.29, 0.717) is 19.5 Å². The number of hydrogen-bond donors (Lipinski definition) is 0. The summed E-state index contributed by atoms with van der Waals surface area (Å²) >= 11 is 0. The van der Waals surface area contributed by atoms with Gasteiger partial charge in [0.15, 0.2) is 0 Å². The maximum atomic E-state index is 13.2. The summed E-state index contributed by atoms with van der Waals surface area (Å²) in [4.78, 5) is 23.2. The van der Waals surface area contributed by atoms with Crippen LogP contribution in [0.25, 0.3) is 0 Å². The first-order valence-electron chi connectivity index (χ1n) is 11.7. The fourth-order valence-electron chi connectivity index (χ4n) is 4.84. The molecule has 6 heteroatoms. The molecule has 0 bridgehead atoms. The highest BCUT2D eigenvalue weighted by atomic mass is 16.6. The summed E-state index contributed by atoms with van der Waals surface area (Å²) in [5.41, 5.74) is 4.16. The van der Waals surface area contributed by atoms with E-state index < -0.39 is 6.10 Å². The lowest BCUT2D eigenvalue weighted by Gasteiger charge is -2.40. The van der Waals surface area contributed by atoms with Gasteiger partial charge in [0.05, 0.1) is 18.9 Å². The first-order valence-corrected chi connectivity index (χ1v) is 11.7. The number of ether oxygens (including phenoxy) is 1. The molecule has 0 spiro atoms. The fourth-order valence-corrected chi connectivity index (χ4v) is 4.84. The number of oxime groups is 1. The summed E-state index contributed by atoms with van der Waals surface area (Å²) in [6, 6.07) is 29.0. The summed E-state index contributed by atoms with van der Waals surface area (Å²) in [6.45, 7) is 2.93. The van der Waals surface area contributed by atoms with Gasteiger partial charge < -0.3 is 14.5 Å². The van der Waals surface area contributed by atoms with E-state index in [2.05, 4.69) is 58.6 Å². The Morgan fingerprint density at radius 2 is 1.47 bits per heavy atom. The number of benzene rings is 3. The normalized spacial score (nSPS) is 18.5. The lowest BCUT2D eigenvalue weighted by atomic mass is 9.96. The van der Waals surface area contributed by atoms with Crippen LogP contribution in [0.3, 0.4) is 0 Å². The highest BCUT2D eigenvalue weighted by Gasteiger charge is 2.35. The van der Waals surface area contributed by atoms with Crippen LogP contribution >= 0.6 is 0 Å². The molecule has 1 fully saturated rings. The largest absolute Gasteiger partial charge is 0.496 e. The molecule has 1 saturated heterocycles. The zero-order chi connectivity index (χ0) is 23.3. The molecule has 6 nitrogen and oxygen atoms in total. The number of hydrogen-bond acceptors (Lipinski definition) is 5. The highest BCUT2D eigenvalue weighted by molar-refractivity contribution is 6.05. The summed E-state index contributed by atoms with van der Waals surface area (Å²) in [6.07, 6.45) is -0.124. The molecule has 0 aliphatic carbocycles. The highest BCUT2D eigenvalue weighted by Crippen LogP contribution is 2.30. The van der Waals surface area contributed by atoms with Gasteiger partial charge in [-0.2, -0.15) is 0 Å². The third-order valence-corrected chi connectivity index (χ3v) is 6.58. The smallest absolute Gasteiger partial charge is 0.266 e. The molecule has 0 N–H and O–H groups in total. The molecule has 3 aromatic rings. The third-order valence-electron chi connectivity index (χ3n) is 6.58. The number of nitrogens with zero attached hydrogens (tertiary/aromatic N) is 3. The fraction of sp³-hybridized carbons (Fsp3) is 0.286. The minimum atomic E-state index is -0.578. The van der Waals surface area contributed by atoms with Gasteiger partial charge in [-0.3, -0.25) is 9.69 Å². The Bertz CT molecular complexity index is 1100. The number of carbonyl (C=O) groups is 1. The number of rotatable bonds is 6. The van der Waals surface area contributed by atoms with Gasteiger partial charge in [-0.25, -0.2) is 0 Å². The molecule has 2 aliphatic rings. The molecule has 5 rings (SSSR count). The minimum absolute atomic E-state index is 0.00395. The van der Waals surface area contributed by atoms with Gasteiger partial charge in [-0.1, -0.05) is 78.0 Å². The number of para-hydroxylation sites is 1. The Balaban J connectivity index is 1.24. The monoisotopic (exact) mass is 455 g/mol. The van der Waals surface area contributed by atoms with Crippen molar-refractivity contribution >= 4 is 11.6 Å². The Morgan fingerprint density at radius 1 is 0.882 bits per heavy atom. The first kappa shape index (κ1) is 22.2. The number of piperazine rings is 1. The minimum Gasteiger partial charge on any atom is -0.496 e. The van der Waals surface area contributed by atoms with Gasteiger partial charge in [0.2, 0.25) is 6.10 Å². The zero-order valence-electron chi connectivity index (χ0n) is 19.3. The SMILES string of the molecule is COc1ccccc1C1=NOC(C(=O)N2CCN(C(c3ccccc3)c3ccccc3)CC2)C1. The van der Waals surface area contributed by atoms with E-state index in [1.807, 2.05) is 41.3 Å². The van der Waals surface area contributed by atoms with Crippen LogP contribution in [0.1, 0.15) is 29.2 Å². The van der Waals surface area contributed by atoms with E-state index in [1.165, 1.54) is 11.1 Å².